The van der Waals surface area contributed by atoms with Crippen LogP contribution in [0.2, 0.25) is 10.0 Å². The van der Waals surface area contributed by atoms with Gasteiger partial charge in [-0.3, -0.25) is 4.90 Å². The number of halogens is 3. The van der Waals surface area contributed by atoms with E-state index in [0.717, 1.165) is 16.8 Å². The molecule has 3 rings (SSSR count). The summed E-state index contributed by atoms with van der Waals surface area (Å²) in [6, 6.07) is 11.7. The zero-order valence-electron chi connectivity index (χ0n) is 18.5. The second-order valence-electron chi connectivity index (χ2n) is 9.00. The first kappa shape index (κ1) is 24.9. The van der Waals surface area contributed by atoms with Crippen LogP contribution in [0.25, 0.3) is 0 Å². The first-order chi connectivity index (χ1) is 15.1. The van der Waals surface area contributed by atoms with Gasteiger partial charge in [0.1, 0.15) is 11.9 Å². The van der Waals surface area contributed by atoms with Gasteiger partial charge in [0.05, 0.1) is 34.1 Å². The van der Waals surface area contributed by atoms with E-state index in [-0.39, 0.29) is 24.1 Å². The van der Waals surface area contributed by atoms with Crippen LogP contribution in [-0.2, 0) is 16.1 Å². The summed E-state index contributed by atoms with van der Waals surface area (Å²) in [6.07, 6.45) is -0.255. The molecule has 0 unspecified atom stereocenters. The van der Waals surface area contributed by atoms with Crippen molar-refractivity contribution >= 4 is 28.9 Å². The van der Waals surface area contributed by atoms with Gasteiger partial charge in [0.15, 0.2) is 0 Å². The van der Waals surface area contributed by atoms with Crippen LogP contribution in [0.5, 0.6) is 0 Å². The second kappa shape index (κ2) is 10.9. The molecule has 0 amide bonds. The Bertz CT molecular complexity index is 932. The summed E-state index contributed by atoms with van der Waals surface area (Å²) in [4.78, 5) is 7.74. The fraction of sp³-hybridized carbons (Fsp3) is 0.458. The Balaban J connectivity index is 1.63. The third-order valence-corrected chi connectivity index (χ3v) is 5.68. The molecule has 0 saturated heterocycles. The van der Waals surface area contributed by atoms with Crippen LogP contribution < -0.4 is 0 Å². The van der Waals surface area contributed by atoms with Crippen LogP contribution in [0.15, 0.2) is 47.6 Å². The zero-order chi connectivity index (χ0) is 23.3. The molecular weight excluding hydrogens is 454 g/mol. The van der Waals surface area contributed by atoms with Gasteiger partial charge in [0.25, 0.3) is 0 Å². The molecule has 2 aromatic carbocycles. The van der Waals surface area contributed by atoms with Crippen molar-refractivity contribution in [1.82, 2.24) is 4.90 Å². The van der Waals surface area contributed by atoms with Crippen molar-refractivity contribution in [3.63, 3.8) is 0 Å². The van der Waals surface area contributed by atoms with Gasteiger partial charge in [-0.25, -0.2) is 4.39 Å². The summed E-state index contributed by atoms with van der Waals surface area (Å²) in [5.74, 6) is -0.280. The van der Waals surface area contributed by atoms with E-state index < -0.39 is 6.10 Å². The minimum atomic E-state index is -0.675. The van der Waals surface area contributed by atoms with Crippen molar-refractivity contribution in [2.75, 3.05) is 19.7 Å². The molecule has 0 radical (unpaired) electrons. The Morgan fingerprint density at radius 2 is 1.91 bits per heavy atom. The topological polar surface area (TPSA) is 54.3 Å². The van der Waals surface area contributed by atoms with Crippen molar-refractivity contribution in [3.8, 4) is 0 Å². The molecular formula is C24H29Cl2FN2O3. The van der Waals surface area contributed by atoms with Gasteiger partial charge in [0, 0.05) is 31.6 Å². The number of aliphatic hydroxyl groups is 1. The lowest BCUT2D eigenvalue weighted by Gasteiger charge is -2.28. The fourth-order valence-corrected chi connectivity index (χ4v) is 3.71. The number of rotatable bonds is 9. The van der Waals surface area contributed by atoms with Gasteiger partial charge in [-0.2, -0.15) is 0 Å². The molecule has 0 saturated carbocycles. The maximum absolute atomic E-state index is 13.3. The molecule has 32 heavy (non-hydrogen) atoms. The Kier molecular flexibility index (Phi) is 8.53. The van der Waals surface area contributed by atoms with Crippen LogP contribution in [0, 0.1) is 5.82 Å². The maximum atomic E-state index is 13.3. The Hall–Kier alpha value is -1.70. The van der Waals surface area contributed by atoms with E-state index in [1.807, 2.05) is 26.8 Å². The Morgan fingerprint density at radius 1 is 1.19 bits per heavy atom. The van der Waals surface area contributed by atoms with Gasteiger partial charge in [0.2, 0.25) is 0 Å². The molecule has 0 fully saturated rings. The largest absolute Gasteiger partial charge is 0.390 e. The summed E-state index contributed by atoms with van der Waals surface area (Å²) in [6.45, 7) is 7.53. The predicted octanol–water partition coefficient (Wildman–Crippen LogP) is 5.30. The number of nitrogens with zero attached hydrogens (tertiary/aromatic N) is 2. The second-order valence-corrected chi connectivity index (χ2v) is 9.81. The van der Waals surface area contributed by atoms with Crippen LogP contribution >= 0.6 is 23.2 Å². The molecule has 0 bridgehead atoms. The number of ether oxygens (including phenoxy) is 1. The average Bonchev–Trinajstić information content (AvgIpc) is 3.18. The van der Waals surface area contributed by atoms with E-state index in [2.05, 4.69) is 10.1 Å². The highest BCUT2D eigenvalue weighted by Crippen LogP contribution is 2.26. The summed E-state index contributed by atoms with van der Waals surface area (Å²) in [7, 11) is 0. The van der Waals surface area contributed by atoms with E-state index in [1.54, 1.807) is 24.3 Å². The monoisotopic (exact) mass is 482 g/mol. The van der Waals surface area contributed by atoms with Crippen LogP contribution in [0.1, 0.15) is 38.3 Å². The zero-order valence-corrected chi connectivity index (χ0v) is 20.0. The molecule has 1 heterocycles. The third-order valence-electron chi connectivity index (χ3n) is 4.94. The smallest absolute Gasteiger partial charge is 0.145 e. The van der Waals surface area contributed by atoms with Gasteiger partial charge >= 0.3 is 0 Å². The summed E-state index contributed by atoms with van der Waals surface area (Å²) in [5.41, 5.74) is 2.27. The third kappa shape index (κ3) is 7.71. The van der Waals surface area contributed by atoms with E-state index in [1.165, 1.54) is 12.1 Å². The van der Waals surface area contributed by atoms with Crippen molar-refractivity contribution in [2.45, 2.75) is 51.5 Å². The van der Waals surface area contributed by atoms with Gasteiger partial charge in [-0.1, -0.05) is 46.6 Å². The number of aliphatic hydroxyl groups excluding tert-OH is 1. The molecule has 1 aliphatic rings. The van der Waals surface area contributed by atoms with Crippen LogP contribution in [0.3, 0.4) is 0 Å². The van der Waals surface area contributed by atoms with Crippen molar-refractivity contribution in [3.05, 3.63) is 69.5 Å². The van der Waals surface area contributed by atoms with Gasteiger partial charge < -0.3 is 14.7 Å². The fourth-order valence-electron chi connectivity index (χ4n) is 3.41. The molecule has 174 valence electrons. The number of hydrogen-bond donors (Lipinski definition) is 1. The molecule has 0 aromatic heterocycles. The highest BCUT2D eigenvalue weighted by molar-refractivity contribution is 6.42. The minimum Gasteiger partial charge on any atom is -0.390 e. The number of benzene rings is 2. The van der Waals surface area contributed by atoms with E-state index >= 15 is 0 Å². The first-order valence-corrected chi connectivity index (χ1v) is 11.3. The molecule has 1 aliphatic heterocycles. The average molecular weight is 483 g/mol. The quantitative estimate of drug-likeness (QED) is 0.526. The lowest BCUT2D eigenvalue weighted by Crippen LogP contribution is -2.40. The lowest BCUT2D eigenvalue weighted by molar-refractivity contribution is -0.0600. The first-order valence-electron chi connectivity index (χ1n) is 10.6. The lowest BCUT2D eigenvalue weighted by atomic mass is 10.0. The minimum absolute atomic E-state index is 0.185. The molecule has 2 atom stereocenters. The summed E-state index contributed by atoms with van der Waals surface area (Å²) < 4.78 is 19.0. The Morgan fingerprint density at radius 3 is 2.56 bits per heavy atom. The Labute approximate surface area is 198 Å². The normalized spacial score (nSPS) is 17.4. The highest BCUT2D eigenvalue weighted by atomic mass is 35.5. The van der Waals surface area contributed by atoms with Crippen molar-refractivity contribution < 1.29 is 19.1 Å². The summed E-state index contributed by atoms with van der Waals surface area (Å²) in [5, 5.41) is 15.7. The molecule has 0 aliphatic carbocycles. The van der Waals surface area contributed by atoms with Crippen LogP contribution in [-0.4, -0.2) is 53.2 Å². The van der Waals surface area contributed by atoms with Crippen molar-refractivity contribution in [1.29, 1.82) is 0 Å². The van der Waals surface area contributed by atoms with E-state index in [9.17, 15) is 9.50 Å². The number of hydrogen-bond acceptors (Lipinski definition) is 5. The van der Waals surface area contributed by atoms with Gasteiger partial charge in [-0.15, -0.1) is 0 Å². The van der Waals surface area contributed by atoms with E-state index in [4.69, 9.17) is 32.8 Å². The molecule has 2 aromatic rings. The van der Waals surface area contributed by atoms with Crippen LogP contribution in [0.4, 0.5) is 4.39 Å². The van der Waals surface area contributed by atoms with Gasteiger partial charge in [-0.05, 0) is 50.6 Å². The highest BCUT2D eigenvalue weighted by Gasteiger charge is 2.26. The molecule has 8 heteroatoms. The molecule has 5 nitrogen and oxygen atoms in total. The molecule has 1 N–H and O–H groups in total. The summed E-state index contributed by atoms with van der Waals surface area (Å²) >= 11 is 12.1. The van der Waals surface area contributed by atoms with E-state index in [0.29, 0.717) is 36.1 Å². The SMILES string of the molecule is CC(C)(C)OC[C@H](O)CN(Cc1ccc(F)cc1)C[C@H]1CC(c2ccc(Cl)c(Cl)c2)=NO1. The molecule has 0 spiro atoms. The standard InChI is InChI=1S/C24H29Cl2FN2O3/c1-24(2,3)31-15-19(30)13-29(12-16-4-7-18(27)8-5-16)14-20-11-23(28-32-20)17-6-9-21(25)22(26)10-17/h4-10,19-20,30H,11-15H2,1-3H3/t19-,20-/m1/s1. The van der Waals surface area contributed by atoms with Crippen molar-refractivity contribution in [2.24, 2.45) is 5.16 Å². The maximum Gasteiger partial charge on any atom is 0.145 e. The number of oxime groups is 1. The predicted molar refractivity (Wildman–Crippen MR) is 126 cm³/mol.